The fraction of sp³-hybridized carbons (Fsp3) is 0.273. The molecule has 3 aromatic carbocycles. The number of hydrogen-bond acceptors (Lipinski definition) is 6. The first-order valence-corrected chi connectivity index (χ1v) is 14.2. The van der Waals surface area contributed by atoms with E-state index in [-0.39, 0.29) is 13.0 Å². The van der Waals surface area contributed by atoms with Crippen LogP contribution in [0.2, 0.25) is 0 Å². The molecule has 0 spiro atoms. The summed E-state index contributed by atoms with van der Waals surface area (Å²) in [5, 5.41) is 25.2. The van der Waals surface area contributed by atoms with Crippen molar-refractivity contribution in [3.8, 4) is 0 Å². The maximum absolute atomic E-state index is 13.4. The van der Waals surface area contributed by atoms with Crippen molar-refractivity contribution in [3.05, 3.63) is 114 Å². The van der Waals surface area contributed by atoms with E-state index in [4.69, 9.17) is 4.74 Å². The lowest BCUT2D eigenvalue weighted by Gasteiger charge is -2.38. The van der Waals surface area contributed by atoms with Crippen LogP contribution in [0.3, 0.4) is 0 Å². The van der Waals surface area contributed by atoms with E-state index in [1.165, 1.54) is 6.20 Å². The molecule has 0 saturated carbocycles. The molecule has 3 amide bonds. The molecule has 4 rings (SSSR count). The highest BCUT2D eigenvalue weighted by Gasteiger charge is 2.38. The van der Waals surface area contributed by atoms with Crippen molar-refractivity contribution >= 4 is 29.6 Å². The van der Waals surface area contributed by atoms with Crippen LogP contribution in [0.5, 0.6) is 0 Å². The molecule has 0 fully saturated rings. The van der Waals surface area contributed by atoms with Gasteiger partial charge in [0.2, 0.25) is 5.91 Å². The molecule has 0 aliphatic rings. The largest absolute Gasteiger partial charge is 0.465 e. The van der Waals surface area contributed by atoms with E-state index in [0.29, 0.717) is 11.5 Å². The Balaban J connectivity index is 1.67. The van der Waals surface area contributed by atoms with Gasteiger partial charge in [-0.1, -0.05) is 91.0 Å². The molecule has 5 N–H and O–H groups in total. The molecular weight excluding hydrogens is 560 g/mol. The third kappa shape index (κ3) is 7.74. The van der Waals surface area contributed by atoms with Gasteiger partial charge in [-0.05, 0) is 43.9 Å². The van der Waals surface area contributed by atoms with Crippen LogP contribution in [-0.4, -0.2) is 51.2 Å². The number of aryl methyl sites for hydroxylation is 1. The lowest BCUT2D eigenvalue weighted by molar-refractivity contribution is -0.118. The number of nitrogens with one attached hydrogen (secondary N) is 4. The van der Waals surface area contributed by atoms with Crippen LogP contribution in [0.1, 0.15) is 43.9 Å². The highest BCUT2D eigenvalue weighted by Crippen LogP contribution is 2.41. The summed E-state index contributed by atoms with van der Waals surface area (Å²) in [6.45, 7) is 5.20. The predicted molar refractivity (Wildman–Crippen MR) is 168 cm³/mol. The number of aromatic nitrogens is 2. The second-order valence-corrected chi connectivity index (χ2v) is 11.2. The van der Waals surface area contributed by atoms with Gasteiger partial charge < -0.3 is 31.1 Å². The molecule has 44 heavy (non-hydrogen) atoms. The van der Waals surface area contributed by atoms with E-state index < -0.39 is 35.3 Å². The van der Waals surface area contributed by atoms with Crippen LogP contribution in [-0.2, 0) is 22.1 Å². The molecule has 0 saturated heterocycles. The highest BCUT2D eigenvalue weighted by atomic mass is 16.6. The monoisotopic (exact) mass is 598 g/mol. The number of ether oxygens (including phenoxy) is 1. The number of nitrogens with zero attached hydrogens (tertiary/aromatic N) is 2. The van der Waals surface area contributed by atoms with Crippen LogP contribution in [0.4, 0.5) is 21.1 Å². The topological polar surface area (TPSA) is 147 Å². The summed E-state index contributed by atoms with van der Waals surface area (Å²) in [4.78, 5) is 37.1. The fourth-order valence-corrected chi connectivity index (χ4v) is 4.91. The zero-order valence-electron chi connectivity index (χ0n) is 25.2. The van der Waals surface area contributed by atoms with E-state index in [1.807, 2.05) is 91.0 Å². The first kappa shape index (κ1) is 31.6. The normalized spacial score (nSPS) is 12.1. The van der Waals surface area contributed by atoms with E-state index >= 15 is 0 Å². The van der Waals surface area contributed by atoms with Gasteiger partial charge in [0.15, 0.2) is 0 Å². The van der Waals surface area contributed by atoms with Gasteiger partial charge in [0.1, 0.15) is 28.7 Å². The quantitative estimate of drug-likeness (QED) is 0.147. The minimum Gasteiger partial charge on any atom is -0.465 e. The lowest BCUT2D eigenvalue weighted by atomic mass is 9.77. The van der Waals surface area contributed by atoms with Gasteiger partial charge in [-0.25, -0.2) is 9.59 Å². The molecule has 1 aromatic heterocycles. The van der Waals surface area contributed by atoms with Crippen molar-refractivity contribution in [2.45, 2.75) is 44.4 Å². The summed E-state index contributed by atoms with van der Waals surface area (Å²) in [5.41, 5.74) is 1.62. The molecule has 0 aliphatic carbocycles. The Morgan fingerprint density at radius 2 is 1.36 bits per heavy atom. The van der Waals surface area contributed by atoms with Gasteiger partial charge in [-0.15, -0.1) is 0 Å². The average molecular weight is 599 g/mol. The van der Waals surface area contributed by atoms with Crippen molar-refractivity contribution in [2.75, 3.05) is 17.2 Å². The van der Waals surface area contributed by atoms with Crippen molar-refractivity contribution in [2.24, 2.45) is 7.05 Å². The Morgan fingerprint density at radius 3 is 1.82 bits per heavy atom. The zero-order valence-corrected chi connectivity index (χ0v) is 25.2. The number of rotatable bonds is 11. The number of carbonyl (C=O) groups excluding carboxylic acids is 2. The highest BCUT2D eigenvalue weighted by molar-refractivity contribution is 5.98. The number of carboxylic acid groups (broad SMARTS) is 1. The Morgan fingerprint density at radius 1 is 0.864 bits per heavy atom. The van der Waals surface area contributed by atoms with Crippen LogP contribution in [0.25, 0.3) is 0 Å². The van der Waals surface area contributed by atoms with E-state index in [1.54, 1.807) is 32.5 Å². The number of anilines is 2. The maximum Gasteiger partial charge on any atom is 0.407 e. The Bertz CT molecular complexity index is 1460. The number of hydrogen-bond donors (Lipinski definition) is 5. The standard InChI is InChI=1S/C33H38N6O5/c1-32(2,3)44-31(43)34-21-20-26(37-30(41)42)29(40)36-27-22-35-39(4)28(27)38-33(23-14-8-5-9-15-23,24-16-10-6-11-17-24)25-18-12-7-13-19-25/h5-19,22,26,37-38H,20-21H2,1-4H3,(H,34,43)(H,36,40)(H,41,42)/t26-/m0/s1. The van der Waals surface area contributed by atoms with Crippen molar-refractivity contribution in [3.63, 3.8) is 0 Å². The molecule has 0 bridgehead atoms. The SMILES string of the molecule is Cn1ncc(NC(=O)[C@H](CCNC(=O)OC(C)(C)C)NC(=O)O)c1NC(c1ccccc1)(c1ccccc1)c1ccccc1. The van der Waals surface area contributed by atoms with Crippen LogP contribution in [0, 0.1) is 0 Å². The fourth-order valence-electron chi connectivity index (χ4n) is 4.91. The smallest absolute Gasteiger partial charge is 0.407 e. The van der Waals surface area contributed by atoms with Gasteiger partial charge in [-0.3, -0.25) is 9.48 Å². The Labute approximate surface area is 256 Å². The number of carbonyl (C=O) groups is 3. The van der Waals surface area contributed by atoms with Gasteiger partial charge >= 0.3 is 12.2 Å². The van der Waals surface area contributed by atoms with Crippen molar-refractivity contribution in [1.29, 1.82) is 0 Å². The summed E-state index contributed by atoms with van der Waals surface area (Å²) in [5.74, 6) is -0.116. The van der Waals surface area contributed by atoms with E-state index in [0.717, 1.165) is 16.7 Å². The number of benzene rings is 3. The minimum absolute atomic E-state index is 0.00452. The second-order valence-electron chi connectivity index (χ2n) is 11.2. The summed E-state index contributed by atoms with van der Waals surface area (Å²) in [6.07, 6.45) is -0.543. The average Bonchev–Trinajstić information content (AvgIpc) is 3.33. The predicted octanol–water partition coefficient (Wildman–Crippen LogP) is 5.31. The summed E-state index contributed by atoms with van der Waals surface area (Å²) in [7, 11) is 1.75. The molecular formula is C33H38N6O5. The molecule has 11 heteroatoms. The lowest BCUT2D eigenvalue weighted by Crippen LogP contribution is -2.45. The van der Waals surface area contributed by atoms with Crippen molar-refractivity contribution < 1.29 is 24.2 Å². The second kappa shape index (κ2) is 13.8. The van der Waals surface area contributed by atoms with Crippen molar-refractivity contribution in [1.82, 2.24) is 20.4 Å². The molecule has 0 radical (unpaired) electrons. The van der Waals surface area contributed by atoms with Gasteiger partial charge in [0.25, 0.3) is 0 Å². The molecule has 1 atom stereocenters. The molecule has 0 unspecified atom stereocenters. The van der Waals surface area contributed by atoms with Gasteiger partial charge in [-0.2, -0.15) is 5.10 Å². The molecule has 11 nitrogen and oxygen atoms in total. The van der Waals surface area contributed by atoms with E-state index in [2.05, 4.69) is 26.4 Å². The first-order valence-electron chi connectivity index (χ1n) is 14.2. The van der Waals surface area contributed by atoms with Gasteiger partial charge in [0, 0.05) is 13.6 Å². The molecule has 230 valence electrons. The molecule has 1 heterocycles. The van der Waals surface area contributed by atoms with Crippen LogP contribution >= 0.6 is 0 Å². The minimum atomic E-state index is -1.37. The third-order valence-electron chi connectivity index (χ3n) is 6.84. The van der Waals surface area contributed by atoms with E-state index in [9.17, 15) is 19.5 Å². The summed E-state index contributed by atoms with van der Waals surface area (Å²) < 4.78 is 6.84. The zero-order chi connectivity index (χ0) is 31.7. The number of alkyl carbamates (subject to hydrolysis) is 1. The summed E-state index contributed by atoms with van der Waals surface area (Å²) >= 11 is 0. The molecule has 4 aromatic rings. The third-order valence-corrected chi connectivity index (χ3v) is 6.84. The summed E-state index contributed by atoms with van der Waals surface area (Å²) in [6, 6.07) is 28.7. The van der Waals surface area contributed by atoms with Crippen LogP contribution in [0.15, 0.2) is 97.2 Å². The Kier molecular flexibility index (Phi) is 9.89. The van der Waals surface area contributed by atoms with Crippen LogP contribution < -0.4 is 21.3 Å². The first-order chi connectivity index (χ1) is 21.0. The van der Waals surface area contributed by atoms with Gasteiger partial charge in [0.05, 0.1) is 6.20 Å². The number of amides is 3. The maximum atomic E-state index is 13.4. The molecule has 0 aliphatic heterocycles. The Hall–Kier alpha value is -5.32.